The summed E-state index contributed by atoms with van der Waals surface area (Å²) >= 11 is 0. The Labute approximate surface area is 190 Å². The van der Waals surface area contributed by atoms with Crippen LogP contribution in [-0.4, -0.2) is 62.6 Å². The fraction of sp³-hybridized carbons (Fsp3) is 0.600. The maximum Gasteiger partial charge on any atom is 4.00 e. The van der Waals surface area contributed by atoms with Crippen molar-refractivity contribution >= 4 is 0 Å². The van der Waals surface area contributed by atoms with Gasteiger partial charge in [-0.15, -0.1) is 0 Å². The van der Waals surface area contributed by atoms with E-state index in [0.717, 1.165) is 17.5 Å². The van der Waals surface area contributed by atoms with Gasteiger partial charge in [0.05, 0.1) is 0 Å². The van der Waals surface area contributed by atoms with Crippen LogP contribution < -0.4 is 10.2 Å². The van der Waals surface area contributed by atoms with Crippen molar-refractivity contribution in [2.24, 2.45) is 0 Å². The van der Waals surface area contributed by atoms with Crippen LogP contribution in [0.4, 0.5) is 0 Å². The van der Waals surface area contributed by atoms with Gasteiger partial charge in [-0.1, -0.05) is 0 Å². The van der Waals surface area contributed by atoms with E-state index < -0.39 is 0 Å². The molecule has 156 valence electrons. The quantitative estimate of drug-likeness (QED) is 0.341. The average molecular weight is 737 g/mol. The molecule has 0 atom stereocenters. The molecule has 27 heavy (non-hydrogen) atoms. The Balaban J connectivity index is -0.000000324. The molecule has 0 radical (unpaired) electrons. The minimum absolute atomic E-state index is 0. The molecular formula is C15H26N10Pt2. The zero-order valence-corrected chi connectivity index (χ0v) is 19.5. The summed E-state index contributed by atoms with van der Waals surface area (Å²) in [7, 11) is 0. The van der Waals surface area contributed by atoms with Crippen molar-refractivity contribution in [1.82, 2.24) is 20.4 Å². The van der Waals surface area contributed by atoms with Gasteiger partial charge in [-0.05, 0) is 17.5 Å². The van der Waals surface area contributed by atoms with Crippen LogP contribution >= 0.6 is 0 Å². The van der Waals surface area contributed by atoms with E-state index in [1.807, 2.05) is 0 Å². The first-order valence-corrected chi connectivity index (χ1v) is 7.97. The van der Waals surface area contributed by atoms with Gasteiger partial charge in [0.2, 0.25) is 0 Å². The van der Waals surface area contributed by atoms with Crippen LogP contribution in [-0.2, 0) is 48.6 Å². The molecule has 2 heterocycles. The third kappa shape index (κ3) is 21.7. The number of rotatable bonds is 10. The molecule has 2 aromatic heterocycles. The summed E-state index contributed by atoms with van der Waals surface area (Å²) in [5.41, 5.74) is 28.7. The van der Waals surface area contributed by atoms with E-state index in [1.165, 1.54) is 0 Å². The third-order valence-electron chi connectivity index (χ3n) is 2.52. The van der Waals surface area contributed by atoms with Gasteiger partial charge < -0.3 is 54.0 Å². The van der Waals surface area contributed by atoms with Crippen LogP contribution in [0.15, 0.2) is 24.8 Å². The largest absolute Gasteiger partial charge is 4.00 e. The molecule has 0 bridgehead atoms. The van der Waals surface area contributed by atoms with Crippen molar-refractivity contribution in [2.75, 3.05) is 52.4 Å². The standard InChI is InChI=1S/C7H6N4.2C4H10N3.2Pt/c1(6-2-8-9-3-6)7-4-10-11-5-7;2*5-1-3-7-4-2-6;;/h2-5H,1H2;2*5-6H,1-4H2;;/q-2;2*-3;2*+4. The van der Waals surface area contributed by atoms with Crippen molar-refractivity contribution in [3.63, 3.8) is 0 Å². The van der Waals surface area contributed by atoms with Crippen LogP contribution in [0.1, 0.15) is 11.1 Å². The number of nitrogens with one attached hydrogen (secondary N) is 4. The van der Waals surface area contributed by atoms with Crippen molar-refractivity contribution in [3.8, 4) is 0 Å². The molecule has 2 rings (SSSR count). The van der Waals surface area contributed by atoms with E-state index in [-0.39, 0.29) is 42.1 Å². The Hall–Kier alpha value is -0.443. The zero-order chi connectivity index (χ0) is 18.6. The molecular weight excluding hydrogens is 710 g/mol. The topological polar surface area (TPSA) is 177 Å². The first-order valence-electron chi connectivity index (χ1n) is 7.97. The van der Waals surface area contributed by atoms with E-state index >= 15 is 0 Å². The summed E-state index contributed by atoms with van der Waals surface area (Å²) in [5, 5.41) is 22.5. The molecule has 0 aliphatic carbocycles. The van der Waals surface area contributed by atoms with E-state index in [0.29, 0.717) is 52.4 Å². The first kappa shape index (κ1) is 31.3. The second-order valence-corrected chi connectivity index (χ2v) is 4.65. The Morgan fingerprint density at radius 3 is 1.22 bits per heavy atom. The van der Waals surface area contributed by atoms with Crippen LogP contribution in [0.25, 0.3) is 33.6 Å². The number of hydrogen-bond donors (Lipinski definition) is 0. The Morgan fingerprint density at radius 1 is 0.667 bits per heavy atom. The molecule has 4 N–H and O–H groups in total. The van der Waals surface area contributed by atoms with Gasteiger partial charge in [0.15, 0.2) is 0 Å². The zero-order valence-electron chi connectivity index (χ0n) is 15.0. The number of nitrogens with zero attached hydrogens (tertiary/aromatic N) is 6. The summed E-state index contributed by atoms with van der Waals surface area (Å²) in [6.07, 6.45) is 7.79. The van der Waals surface area contributed by atoms with Crippen LogP contribution in [0.3, 0.4) is 0 Å². The van der Waals surface area contributed by atoms with Crippen molar-refractivity contribution in [2.45, 2.75) is 6.42 Å². The van der Waals surface area contributed by atoms with Gasteiger partial charge in [-0.2, -0.15) is 64.8 Å². The summed E-state index contributed by atoms with van der Waals surface area (Å²) in [5.74, 6) is 0. The fourth-order valence-electron chi connectivity index (χ4n) is 1.45. The molecule has 0 saturated heterocycles. The molecule has 0 saturated carbocycles. The first-order chi connectivity index (χ1) is 12.3. The molecule has 0 aromatic carbocycles. The van der Waals surface area contributed by atoms with E-state index in [4.69, 9.17) is 22.9 Å². The van der Waals surface area contributed by atoms with Crippen molar-refractivity contribution in [3.05, 3.63) is 69.5 Å². The average Bonchev–Trinajstić information content (AvgIpc) is 3.32. The molecule has 0 aliphatic rings. The molecule has 0 unspecified atom stereocenters. The van der Waals surface area contributed by atoms with Gasteiger partial charge in [0, 0.05) is 12.4 Å². The maximum absolute atomic E-state index is 6.63. The van der Waals surface area contributed by atoms with Gasteiger partial charge in [0.25, 0.3) is 0 Å². The molecule has 2 aromatic rings. The Morgan fingerprint density at radius 2 is 1.00 bits per heavy atom. The second kappa shape index (κ2) is 25.6. The third-order valence-corrected chi connectivity index (χ3v) is 2.52. The fourth-order valence-corrected chi connectivity index (χ4v) is 1.45. The molecule has 0 spiro atoms. The van der Waals surface area contributed by atoms with Gasteiger partial charge in [-0.25, -0.2) is 0 Å². The summed E-state index contributed by atoms with van der Waals surface area (Å²) in [6.45, 7) is 3.83. The monoisotopic (exact) mass is 736 g/mol. The van der Waals surface area contributed by atoms with Crippen LogP contribution in [0, 0.1) is 0 Å². The van der Waals surface area contributed by atoms with E-state index in [9.17, 15) is 0 Å². The molecule has 0 aliphatic heterocycles. The summed E-state index contributed by atoms with van der Waals surface area (Å²) in [6, 6.07) is 0. The Bertz CT molecular complexity index is 403. The predicted octanol–water partition coefficient (Wildman–Crippen LogP) is 2.91. The SMILES string of the molecule is [NH-]CC[N-]CC[NH-].[NH-]CC[N-]CC[NH-].[Pt+4].[Pt+4].c1n[n-]cc1Cc1cn[n-]c1. The minimum Gasteiger partial charge on any atom is -0.679 e. The summed E-state index contributed by atoms with van der Waals surface area (Å²) in [4.78, 5) is 0. The smallest absolute Gasteiger partial charge is 0.679 e. The van der Waals surface area contributed by atoms with E-state index in [1.54, 1.807) is 24.8 Å². The van der Waals surface area contributed by atoms with E-state index in [2.05, 4.69) is 31.0 Å². The maximum atomic E-state index is 6.63. The van der Waals surface area contributed by atoms with Crippen LogP contribution in [0.5, 0.6) is 0 Å². The second-order valence-electron chi connectivity index (χ2n) is 4.65. The van der Waals surface area contributed by atoms with Crippen molar-refractivity contribution < 1.29 is 42.1 Å². The van der Waals surface area contributed by atoms with Crippen LogP contribution in [0.2, 0.25) is 0 Å². The van der Waals surface area contributed by atoms with Gasteiger partial charge >= 0.3 is 42.1 Å². The molecule has 12 heteroatoms. The summed E-state index contributed by atoms with van der Waals surface area (Å²) < 4.78 is 0. The minimum atomic E-state index is 0. The molecule has 0 amide bonds. The normalized spacial score (nSPS) is 9.04. The van der Waals surface area contributed by atoms with Gasteiger partial charge in [0.1, 0.15) is 0 Å². The number of hydrogen-bond acceptors (Lipinski definition) is 2. The van der Waals surface area contributed by atoms with Gasteiger partial charge in [-0.3, -0.25) is 0 Å². The number of aromatic nitrogens is 4. The Kier molecular flexibility index (Phi) is 29.6. The van der Waals surface area contributed by atoms with Crippen molar-refractivity contribution in [1.29, 1.82) is 0 Å². The molecule has 0 fully saturated rings. The molecule has 10 nitrogen and oxygen atoms in total. The predicted molar refractivity (Wildman–Crippen MR) is 101 cm³/mol.